The summed E-state index contributed by atoms with van der Waals surface area (Å²) in [6.07, 6.45) is 0. The van der Waals surface area contributed by atoms with Crippen LogP contribution in [-0.2, 0) is 35.9 Å². The quantitative estimate of drug-likeness (QED) is 0.221. The maximum absolute atomic E-state index is 7.00. The lowest BCUT2D eigenvalue weighted by atomic mass is 9.89. The Bertz CT molecular complexity index is 2020. The molecule has 4 heterocycles. The van der Waals surface area contributed by atoms with E-state index >= 15 is 0 Å². The Morgan fingerprint density at radius 1 is 0.646 bits per heavy atom. The number of nitrogens with zero attached hydrogens (tertiary/aromatic N) is 6. The third-order valence-corrected chi connectivity index (χ3v) is 8.77. The van der Waals surface area contributed by atoms with Crippen LogP contribution in [0.2, 0.25) is 0 Å². The maximum atomic E-state index is 7.00. The van der Waals surface area contributed by atoms with Gasteiger partial charge in [-0.2, -0.15) is 0 Å². The van der Waals surface area contributed by atoms with Gasteiger partial charge in [0, 0.05) is 24.2 Å². The van der Waals surface area contributed by atoms with E-state index in [1.54, 1.807) is 0 Å². The molecule has 0 bridgehead atoms. The van der Waals surface area contributed by atoms with E-state index < -0.39 is 0 Å². The Hall–Kier alpha value is -5.22. The van der Waals surface area contributed by atoms with Crippen molar-refractivity contribution < 1.29 is 14.6 Å². The fourth-order valence-corrected chi connectivity index (χ4v) is 6.41. The molecule has 4 aromatic carbocycles. The number of ether oxygens (including phenoxy) is 2. The number of fused-ring (bicyclic) bond motifs is 6. The van der Waals surface area contributed by atoms with Gasteiger partial charge in [0.25, 0.3) is 0 Å². The highest BCUT2D eigenvalue weighted by molar-refractivity contribution is 5.81. The number of hydrogen-bond acceptors (Lipinski definition) is 7. The van der Waals surface area contributed by atoms with Gasteiger partial charge in [-0.15, -0.1) is 20.4 Å². The van der Waals surface area contributed by atoms with Gasteiger partial charge < -0.3 is 14.6 Å². The molecule has 48 heavy (non-hydrogen) atoms. The van der Waals surface area contributed by atoms with Crippen LogP contribution in [0.3, 0.4) is 0 Å². The number of aliphatic hydroxyl groups is 1. The predicted molar refractivity (Wildman–Crippen MR) is 186 cm³/mol. The van der Waals surface area contributed by atoms with Gasteiger partial charge in [-0.05, 0) is 53.8 Å². The molecule has 0 saturated heterocycles. The summed E-state index contributed by atoms with van der Waals surface area (Å²) < 4.78 is 15.9. The van der Waals surface area contributed by atoms with Gasteiger partial charge in [0.05, 0.1) is 24.6 Å². The molecule has 6 aromatic rings. The average molecular weight is 641 g/mol. The fourth-order valence-electron chi connectivity index (χ4n) is 6.41. The molecule has 9 nitrogen and oxygen atoms in total. The molecule has 0 amide bonds. The van der Waals surface area contributed by atoms with Gasteiger partial charge in [0.15, 0.2) is 11.6 Å². The van der Waals surface area contributed by atoms with Gasteiger partial charge in [0.1, 0.15) is 24.9 Å². The Morgan fingerprint density at radius 2 is 1.17 bits per heavy atom. The first-order valence-electron chi connectivity index (χ1n) is 16.0. The van der Waals surface area contributed by atoms with E-state index in [0.717, 1.165) is 64.0 Å². The van der Waals surface area contributed by atoms with Crippen molar-refractivity contribution >= 4 is 5.57 Å². The van der Waals surface area contributed by atoms with Crippen LogP contribution in [-0.4, -0.2) is 41.7 Å². The molecule has 244 valence electrons. The number of aliphatic hydroxyl groups excluding tert-OH is 1. The van der Waals surface area contributed by atoms with Crippen LogP contribution < -0.4 is 0 Å². The molecule has 2 aliphatic heterocycles. The van der Waals surface area contributed by atoms with Crippen LogP contribution in [0, 0.1) is 13.8 Å². The minimum Gasteiger partial charge on any atom is -0.400 e. The summed E-state index contributed by atoms with van der Waals surface area (Å²) in [6, 6.07) is 33.5. The highest BCUT2D eigenvalue weighted by Crippen LogP contribution is 2.34. The minimum atomic E-state index is 0.313. The first kappa shape index (κ1) is 32.7. The monoisotopic (exact) mass is 640 g/mol. The molecule has 1 N–H and O–H groups in total. The van der Waals surface area contributed by atoms with E-state index in [1.165, 1.54) is 16.7 Å². The predicted octanol–water partition coefficient (Wildman–Crippen LogP) is 7.03. The standard InChI is InChI=1S/C19H19N3O.C19H17N3O.CH4O/c2*1-13(15-7-4-3-5-8-15)16-9-6-10-18-17(16)11-23-12-19-21-20-14(2)22(18)19;1-2/h3-10,13H,11-12H2,1-2H3;3-10H,1,11-12H2,2H3;2H,1H3. The first-order valence-corrected chi connectivity index (χ1v) is 16.0. The Balaban J connectivity index is 0.000000159. The van der Waals surface area contributed by atoms with Crippen molar-refractivity contribution in [1.82, 2.24) is 29.5 Å². The molecule has 1 atom stereocenters. The maximum Gasteiger partial charge on any atom is 0.163 e. The lowest BCUT2D eigenvalue weighted by Crippen LogP contribution is -2.07. The number of aryl methyl sites for hydroxylation is 2. The molecule has 0 saturated carbocycles. The number of benzene rings is 4. The van der Waals surface area contributed by atoms with Crippen molar-refractivity contribution in [3.05, 3.63) is 160 Å². The van der Waals surface area contributed by atoms with E-state index in [0.29, 0.717) is 32.3 Å². The number of aromatic nitrogens is 6. The van der Waals surface area contributed by atoms with Crippen LogP contribution in [0.1, 0.15) is 69.5 Å². The van der Waals surface area contributed by atoms with Crippen molar-refractivity contribution in [2.45, 2.75) is 53.1 Å². The zero-order chi connectivity index (χ0) is 33.6. The molecule has 2 aromatic heterocycles. The second-order valence-electron chi connectivity index (χ2n) is 11.6. The zero-order valence-electron chi connectivity index (χ0n) is 27.8. The van der Waals surface area contributed by atoms with Crippen LogP contribution in [0.4, 0.5) is 0 Å². The Labute approximate surface area is 281 Å². The molecule has 0 spiro atoms. The summed E-state index contributed by atoms with van der Waals surface area (Å²) in [5.74, 6) is 3.79. The molecular formula is C39H40N6O3. The Morgan fingerprint density at radius 3 is 1.77 bits per heavy atom. The fraction of sp³-hybridized carbons (Fsp3) is 0.231. The third-order valence-electron chi connectivity index (χ3n) is 8.77. The smallest absolute Gasteiger partial charge is 0.163 e. The molecule has 8 rings (SSSR count). The van der Waals surface area contributed by atoms with Crippen LogP contribution in [0.5, 0.6) is 0 Å². The van der Waals surface area contributed by atoms with Gasteiger partial charge in [-0.25, -0.2) is 0 Å². The van der Waals surface area contributed by atoms with Crippen molar-refractivity contribution in [3.8, 4) is 11.4 Å². The Kier molecular flexibility index (Phi) is 10.0. The largest absolute Gasteiger partial charge is 0.400 e. The van der Waals surface area contributed by atoms with Crippen molar-refractivity contribution in [3.63, 3.8) is 0 Å². The van der Waals surface area contributed by atoms with Crippen molar-refractivity contribution in [2.24, 2.45) is 0 Å². The average Bonchev–Trinajstić information content (AvgIpc) is 3.54. The highest BCUT2D eigenvalue weighted by atomic mass is 16.5. The van der Waals surface area contributed by atoms with Crippen LogP contribution in [0.15, 0.2) is 104 Å². The summed E-state index contributed by atoms with van der Waals surface area (Å²) in [5, 5.41) is 23.8. The second-order valence-corrected chi connectivity index (χ2v) is 11.6. The number of hydrogen-bond donors (Lipinski definition) is 1. The minimum absolute atomic E-state index is 0.313. The van der Waals surface area contributed by atoms with Gasteiger partial charge in [0.2, 0.25) is 0 Å². The molecule has 9 heteroatoms. The van der Waals surface area contributed by atoms with Gasteiger partial charge >= 0.3 is 0 Å². The summed E-state index contributed by atoms with van der Waals surface area (Å²) in [4.78, 5) is 0. The SMILES string of the molecule is C=C(c1ccccc1)c1cccc2c1COCc1nnc(C)n1-2.CO.Cc1nnc2n1-c1cccc(C(C)c3ccccc3)c1COC2. The summed E-state index contributed by atoms with van der Waals surface area (Å²) in [6.45, 7) is 12.6. The van der Waals surface area contributed by atoms with Gasteiger partial charge in [-0.1, -0.05) is 98.4 Å². The molecule has 2 aliphatic rings. The molecule has 0 fully saturated rings. The van der Waals surface area contributed by atoms with E-state index in [-0.39, 0.29) is 0 Å². The molecule has 0 aliphatic carbocycles. The summed E-state index contributed by atoms with van der Waals surface area (Å²) >= 11 is 0. The summed E-state index contributed by atoms with van der Waals surface area (Å²) in [7, 11) is 1.00. The van der Waals surface area contributed by atoms with E-state index in [9.17, 15) is 0 Å². The topological polar surface area (TPSA) is 100 Å². The molecule has 1 unspecified atom stereocenters. The van der Waals surface area contributed by atoms with Crippen LogP contribution >= 0.6 is 0 Å². The lowest BCUT2D eigenvalue weighted by molar-refractivity contribution is 0.104. The lowest BCUT2D eigenvalue weighted by Gasteiger charge is -2.19. The normalized spacial score (nSPS) is 13.4. The van der Waals surface area contributed by atoms with Crippen molar-refractivity contribution in [2.75, 3.05) is 7.11 Å². The number of rotatable bonds is 4. The third kappa shape index (κ3) is 6.35. The highest BCUT2D eigenvalue weighted by Gasteiger charge is 2.23. The second kappa shape index (κ2) is 14.7. The van der Waals surface area contributed by atoms with Crippen LogP contribution in [0.25, 0.3) is 16.9 Å². The summed E-state index contributed by atoms with van der Waals surface area (Å²) in [5.41, 5.74) is 10.4. The molecule has 0 radical (unpaired) electrons. The van der Waals surface area contributed by atoms with E-state index in [2.05, 4.69) is 122 Å². The van der Waals surface area contributed by atoms with Gasteiger partial charge in [-0.3, -0.25) is 9.13 Å². The van der Waals surface area contributed by atoms with Crippen molar-refractivity contribution in [1.29, 1.82) is 0 Å². The zero-order valence-corrected chi connectivity index (χ0v) is 27.8. The van der Waals surface area contributed by atoms with E-state index in [4.69, 9.17) is 14.6 Å². The molecular weight excluding hydrogens is 600 g/mol. The van der Waals surface area contributed by atoms with E-state index in [1.807, 2.05) is 32.0 Å². The first-order chi connectivity index (χ1) is 23.5.